The van der Waals surface area contributed by atoms with Crippen LogP contribution in [0, 0.1) is 0 Å². The predicted molar refractivity (Wildman–Crippen MR) is 124 cm³/mol. The molecule has 0 saturated carbocycles. The van der Waals surface area contributed by atoms with E-state index in [1.165, 1.54) is 0 Å². The minimum Gasteiger partial charge on any atom is -0.445 e. The molecule has 0 saturated heterocycles. The quantitative estimate of drug-likeness (QED) is 0.481. The highest BCUT2D eigenvalue weighted by molar-refractivity contribution is 6.15. The summed E-state index contributed by atoms with van der Waals surface area (Å²) in [5.41, 5.74) is 6.71. The average molecular weight is 451 g/mol. The minimum absolute atomic E-state index is 0.142. The standard InChI is InChI=1S/C26H30N2O5/c1-5-8-21(29)28-25-17-13-12-16(15(3)4)14-20(17)32-26(25,33-22(30)9-6-2)18-10-7-11-19(27)23(18)24(25)31/h7,10-15H,5-6,8-9,27H2,1-4H3,(H,28,29)/t25-,26-/m1/s1. The molecule has 0 unspecified atom stereocenters. The first kappa shape index (κ1) is 22.8. The maximum Gasteiger partial charge on any atom is 0.317 e. The van der Waals surface area contributed by atoms with E-state index in [2.05, 4.69) is 19.2 Å². The predicted octanol–water partition coefficient (Wildman–Crippen LogP) is 4.29. The molecule has 3 N–H and O–H groups in total. The summed E-state index contributed by atoms with van der Waals surface area (Å²) in [7, 11) is 0. The number of nitrogen functional groups attached to an aromatic ring is 1. The minimum atomic E-state index is -1.87. The smallest absolute Gasteiger partial charge is 0.317 e. The van der Waals surface area contributed by atoms with E-state index in [4.69, 9.17) is 15.2 Å². The van der Waals surface area contributed by atoms with Gasteiger partial charge in [0, 0.05) is 24.1 Å². The normalized spacial score (nSPS) is 22.4. The lowest BCUT2D eigenvalue weighted by Crippen LogP contribution is -2.61. The van der Waals surface area contributed by atoms with Crippen molar-refractivity contribution < 1.29 is 23.9 Å². The molecule has 7 nitrogen and oxygen atoms in total. The zero-order chi connectivity index (χ0) is 24.0. The van der Waals surface area contributed by atoms with Gasteiger partial charge in [-0.3, -0.25) is 14.4 Å². The molecular weight excluding hydrogens is 420 g/mol. The number of ketones is 1. The molecule has 1 aliphatic heterocycles. The zero-order valence-electron chi connectivity index (χ0n) is 19.5. The van der Waals surface area contributed by atoms with E-state index in [1.54, 1.807) is 24.3 Å². The van der Waals surface area contributed by atoms with Gasteiger partial charge in [0.05, 0.1) is 11.1 Å². The number of hydrogen-bond donors (Lipinski definition) is 2. The topological polar surface area (TPSA) is 108 Å². The van der Waals surface area contributed by atoms with Crippen LogP contribution in [0.1, 0.15) is 86.3 Å². The van der Waals surface area contributed by atoms with Gasteiger partial charge < -0.3 is 20.5 Å². The Morgan fingerprint density at radius 2 is 1.82 bits per heavy atom. The monoisotopic (exact) mass is 450 g/mol. The van der Waals surface area contributed by atoms with Crippen molar-refractivity contribution in [1.82, 2.24) is 5.32 Å². The van der Waals surface area contributed by atoms with Crippen LogP contribution in [0.25, 0.3) is 0 Å². The summed E-state index contributed by atoms with van der Waals surface area (Å²) in [6.45, 7) is 7.84. The highest BCUT2D eigenvalue weighted by atomic mass is 16.7. The van der Waals surface area contributed by atoms with Gasteiger partial charge in [-0.2, -0.15) is 0 Å². The molecule has 2 aliphatic rings. The highest BCUT2D eigenvalue weighted by Crippen LogP contribution is 2.61. The van der Waals surface area contributed by atoms with Crippen molar-refractivity contribution in [1.29, 1.82) is 0 Å². The Morgan fingerprint density at radius 1 is 1.09 bits per heavy atom. The third kappa shape index (κ3) is 3.21. The van der Waals surface area contributed by atoms with Crippen LogP contribution in [-0.2, 0) is 25.7 Å². The lowest BCUT2D eigenvalue weighted by molar-refractivity contribution is -0.216. The summed E-state index contributed by atoms with van der Waals surface area (Å²) in [5.74, 6) is -2.56. The molecule has 0 radical (unpaired) electrons. The van der Waals surface area contributed by atoms with Crippen LogP contribution in [0.5, 0.6) is 5.75 Å². The van der Waals surface area contributed by atoms with Gasteiger partial charge in [-0.25, -0.2) is 0 Å². The summed E-state index contributed by atoms with van der Waals surface area (Å²) < 4.78 is 12.5. The van der Waals surface area contributed by atoms with Crippen LogP contribution in [-0.4, -0.2) is 17.7 Å². The van der Waals surface area contributed by atoms with Crippen molar-refractivity contribution in [2.24, 2.45) is 0 Å². The second-order valence-corrected chi connectivity index (χ2v) is 9.00. The molecule has 1 amide bonds. The van der Waals surface area contributed by atoms with E-state index in [-0.39, 0.29) is 35.9 Å². The van der Waals surface area contributed by atoms with Gasteiger partial charge in [0.15, 0.2) is 0 Å². The number of fused-ring (bicyclic) bond motifs is 5. The fraction of sp³-hybridized carbons (Fsp3) is 0.423. The number of rotatable bonds is 7. The number of benzene rings is 2. The van der Waals surface area contributed by atoms with Gasteiger partial charge in [-0.1, -0.05) is 52.0 Å². The SMILES string of the molecule is CCCC(=O)N[C@]12C(=O)c3c(N)cccc3[C@]1(OC(=O)CCC)Oc1cc(C(C)C)ccc12. The number of anilines is 1. The summed E-state index contributed by atoms with van der Waals surface area (Å²) in [6, 6.07) is 10.5. The molecule has 2 aromatic rings. The van der Waals surface area contributed by atoms with Crippen LogP contribution >= 0.6 is 0 Å². The number of nitrogens with two attached hydrogens (primary N) is 1. The molecular formula is C26H30N2O5. The lowest BCUT2D eigenvalue weighted by atomic mass is 9.81. The van der Waals surface area contributed by atoms with E-state index in [1.807, 2.05) is 26.0 Å². The van der Waals surface area contributed by atoms with E-state index in [0.29, 0.717) is 29.7 Å². The van der Waals surface area contributed by atoms with Crippen LogP contribution in [0.4, 0.5) is 5.69 Å². The van der Waals surface area contributed by atoms with Gasteiger partial charge in [0.1, 0.15) is 5.75 Å². The second kappa shape index (κ2) is 8.21. The van der Waals surface area contributed by atoms with Crippen molar-refractivity contribution in [2.45, 2.75) is 70.6 Å². The summed E-state index contributed by atoms with van der Waals surface area (Å²) in [4.78, 5) is 39.9. The third-order valence-corrected chi connectivity index (χ3v) is 6.36. The maximum absolute atomic E-state index is 14.1. The van der Waals surface area contributed by atoms with E-state index < -0.39 is 23.1 Å². The second-order valence-electron chi connectivity index (χ2n) is 9.00. The number of amides is 1. The van der Waals surface area contributed by atoms with E-state index >= 15 is 0 Å². The van der Waals surface area contributed by atoms with E-state index in [0.717, 1.165) is 5.56 Å². The Labute approximate surface area is 193 Å². The van der Waals surface area contributed by atoms with Gasteiger partial charge in [-0.15, -0.1) is 0 Å². The number of hydrogen-bond acceptors (Lipinski definition) is 6. The zero-order valence-corrected chi connectivity index (χ0v) is 19.5. The van der Waals surface area contributed by atoms with Gasteiger partial charge >= 0.3 is 11.8 Å². The fourth-order valence-electron chi connectivity index (χ4n) is 4.79. The average Bonchev–Trinajstić information content (AvgIpc) is 3.13. The molecule has 1 aliphatic carbocycles. The first-order valence-corrected chi connectivity index (χ1v) is 11.5. The van der Waals surface area contributed by atoms with Crippen LogP contribution < -0.4 is 15.8 Å². The van der Waals surface area contributed by atoms with E-state index in [9.17, 15) is 14.4 Å². The molecule has 174 valence electrons. The fourth-order valence-corrected chi connectivity index (χ4v) is 4.79. The van der Waals surface area contributed by atoms with Crippen LogP contribution in [0.3, 0.4) is 0 Å². The number of esters is 1. The Hall–Kier alpha value is -3.35. The molecule has 2 aromatic carbocycles. The lowest BCUT2D eigenvalue weighted by Gasteiger charge is -2.37. The van der Waals surface area contributed by atoms with Gasteiger partial charge in [0.2, 0.25) is 17.2 Å². The summed E-state index contributed by atoms with van der Waals surface area (Å²) >= 11 is 0. The molecule has 0 spiro atoms. The van der Waals surface area contributed by atoms with Crippen molar-refractivity contribution in [2.75, 3.05) is 5.73 Å². The van der Waals surface area contributed by atoms with Gasteiger partial charge in [-0.05, 0) is 36.5 Å². The molecule has 0 fully saturated rings. The number of carbonyl (C=O) groups is 3. The number of carbonyl (C=O) groups excluding carboxylic acids is 3. The third-order valence-electron chi connectivity index (χ3n) is 6.36. The largest absolute Gasteiger partial charge is 0.445 e. The van der Waals surface area contributed by atoms with Gasteiger partial charge in [0.25, 0.3) is 0 Å². The Balaban J connectivity index is 2.02. The first-order chi connectivity index (χ1) is 15.7. The maximum atomic E-state index is 14.1. The molecule has 0 bridgehead atoms. The summed E-state index contributed by atoms with van der Waals surface area (Å²) in [5, 5.41) is 2.93. The molecule has 7 heteroatoms. The highest BCUT2D eigenvalue weighted by Gasteiger charge is 2.75. The number of Topliss-reactive ketones (excluding diaryl/α,β-unsaturated/α-hetero) is 1. The van der Waals surface area contributed by atoms with Crippen LogP contribution in [0.15, 0.2) is 36.4 Å². The number of ether oxygens (including phenoxy) is 2. The Kier molecular flexibility index (Phi) is 5.68. The van der Waals surface area contributed by atoms with Crippen molar-refractivity contribution in [3.8, 4) is 5.75 Å². The van der Waals surface area contributed by atoms with Crippen molar-refractivity contribution in [3.05, 3.63) is 58.7 Å². The Morgan fingerprint density at radius 3 is 2.48 bits per heavy atom. The summed E-state index contributed by atoms with van der Waals surface area (Å²) in [6.07, 6.45) is 1.50. The molecule has 2 atom stereocenters. The molecule has 0 aromatic heterocycles. The molecule has 4 rings (SSSR count). The van der Waals surface area contributed by atoms with Crippen molar-refractivity contribution in [3.63, 3.8) is 0 Å². The molecule has 33 heavy (non-hydrogen) atoms. The Bertz CT molecular complexity index is 1140. The number of nitrogens with one attached hydrogen (secondary N) is 1. The van der Waals surface area contributed by atoms with Crippen LogP contribution in [0.2, 0.25) is 0 Å². The van der Waals surface area contributed by atoms with Crippen molar-refractivity contribution >= 4 is 23.3 Å². The molecule has 1 heterocycles. The first-order valence-electron chi connectivity index (χ1n) is 11.5.